The summed E-state index contributed by atoms with van der Waals surface area (Å²) >= 11 is 0. The lowest BCUT2D eigenvalue weighted by Crippen LogP contribution is -2.26. The SMILES string of the molecule is Cc1c(C(C)NCC2CCCCCC2)cnn1C. The van der Waals surface area contributed by atoms with Crippen LogP contribution in [0.25, 0.3) is 0 Å². The number of rotatable bonds is 4. The van der Waals surface area contributed by atoms with E-state index in [0.717, 1.165) is 12.5 Å². The molecule has 1 N–H and O–H groups in total. The molecule has 3 heteroatoms. The van der Waals surface area contributed by atoms with E-state index in [9.17, 15) is 0 Å². The summed E-state index contributed by atoms with van der Waals surface area (Å²) in [7, 11) is 2.01. The molecular formula is C15H27N3. The van der Waals surface area contributed by atoms with E-state index in [-0.39, 0.29) is 0 Å². The van der Waals surface area contributed by atoms with Crippen LogP contribution in [0.5, 0.6) is 0 Å². The molecule has 1 aliphatic rings. The summed E-state index contributed by atoms with van der Waals surface area (Å²) in [6, 6.07) is 0.418. The third kappa shape index (κ3) is 3.35. The number of aryl methyl sites for hydroxylation is 1. The van der Waals surface area contributed by atoms with Gasteiger partial charge in [-0.3, -0.25) is 4.68 Å². The molecule has 0 radical (unpaired) electrons. The van der Waals surface area contributed by atoms with Crippen molar-refractivity contribution in [2.45, 2.75) is 58.4 Å². The molecule has 1 fully saturated rings. The molecule has 1 aliphatic carbocycles. The standard InChI is InChI=1S/C15H27N3/c1-12(15-11-17-18(3)13(15)2)16-10-14-8-6-4-5-7-9-14/h11-12,14,16H,4-10H2,1-3H3. The third-order valence-electron chi connectivity index (χ3n) is 4.43. The minimum atomic E-state index is 0.418. The monoisotopic (exact) mass is 249 g/mol. The molecule has 18 heavy (non-hydrogen) atoms. The van der Waals surface area contributed by atoms with Gasteiger partial charge < -0.3 is 5.32 Å². The Morgan fingerprint density at radius 1 is 1.33 bits per heavy atom. The van der Waals surface area contributed by atoms with Gasteiger partial charge in [0.25, 0.3) is 0 Å². The number of nitrogens with one attached hydrogen (secondary N) is 1. The highest BCUT2D eigenvalue weighted by atomic mass is 15.3. The zero-order valence-electron chi connectivity index (χ0n) is 12.1. The van der Waals surface area contributed by atoms with Gasteiger partial charge in [-0.1, -0.05) is 25.7 Å². The second-order valence-electron chi connectivity index (χ2n) is 5.80. The number of aromatic nitrogens is 2. The summed E-state index contributed by atoms with van der Waals surface area (Å²) in [5.74, 6) is 0.881. The first-order valence-corrected chi connectivity index (χ1v) is 7.40. The quantitative estimate of drug-likeness (QED) is 0.829. The van der Waals surface area contributed by atoms with E-state index in [4.69, 9.17) is 0 Å². The molecule has 102 valence electrons. The summed E-state index contributed by atoms with van der Waals surface area (Å²) in [4.78, 5) is 0. The van der Waals surface area contributed by atoms with Crippen molar-refractivity contribution in [2.75, 3.05) is 6.54 Å². The van der Waals surface area contributed by atoms with E-state index in [2.05, 4.69) is 24.3 Å². The molecule has 0 amide bonds. The average Bonchev–Trinajstić information content (AvgIpc) is 2.60. The minimum Gasteiger partial charge on any atom is -0.310 e. The van der Waals surface area contributed by atoms with Crippen LogP contribution >= 0.6 is 0 Å². The fourth-order valence-electron chi connectivity index (χ4n) is 2.96. The maximum Gasteiger partial charge on any atom is 0.0540 e. The molecule has 1 saturated carbocycles. The van der Waals surface area contributed by atoms with E-state index in [1.54, 1.807) is 0 Å². The van der Waals surface area contributed by atoms with Crippen molar-refractivity contribution in [3.63, 3.8) is 0 Å². The normalized spacial score (nSPS) is 19.7. The van der Waals surface area contributed by atoms with E-state index in [1.807, 2.05) is 17.9 Å². The highest BCUT2D eigenvalue weighted by Crippen LogP contribution is 2.23. The third-order valence-corrected chi connectivity index (χ3v) is 4.43. The lowest BCUT2D eigenvalue weighted by molar-refractivity contribution is 0.402. The fraction of sp³-hybridized carbons (Fsp3) is 0.800. The average molecular weight is 249 g/mol. The highest BCUT2D eigenvalue weighted by molar-refractivity contribution is 5.19. The van der Waals surface area contributed by atoms with Crippen LogP contribution in [0.4, 0.5) is 0 Å². The Hall–Kier alpha value is -0.830. The van der Waals surface area contributed by atoms with Crippen LogP contribution in [-0.2, 0) is 7.05 Å². The van der Waals surface area contributed by atoms with Gasteiger partial charge in [0.15, 0.2) is 0 Å². The Morgan fingerprint density at radius 3 is 2.56 bits per heavy atom. The first-order chi connectivity index (χ1) is 8.68. The summed E-state index contributed by atoms with van der Waals surface area (Å²) in [5.41, 5.74) is 2.61. The van der Waals surface area contributed by atoms with Crippen molar-refractivity contribution in [1.29, 1.82) is 0 Å². The second-order valence-corrected chi connectivity index (χ2v) is 5.80. The first kappa shape index (κ1) is 13.6. The van der Waals surface area contributed by atoms with Gasteiger partial charge in [0.05, 0.1) is 6.20 Å². The van der Waals surface area contributed by atoms with Gasteiger partial charge in [-0.25, -0.2) is 0 Å². The smallest absolute Gasteiger partial charge is 0.0540 e. The molecule has 3 nitrogen and oxygen atoms in total. The van der Waals surface area contributed by atoms with Crippen molar-refractivity contribution in [1.82, 2.24) is 15.1 Å². The Labute approximate surface area is 111 Å². The van der Waals surface area contributed by atoms with Crippen LogP contribution in [0.3, 0.4) is 0 Å². The maximum atomic E-state index is 4.32. The molecule has 0 aliphatic heterocycles. The van der Waals surface area contributed by atoms with E-state index < -0.39 is 0 Å². The van der Waals surface area contributed by atoms with Gasteiger partial charge in [-0.15, -0.1) is 0 Å². The molecule has 0 spiro atoms. The predicted molar refractivity (Wildman–Crippen MR) is 75.6 cm³/mol. The molecule has 0 bridgehead atoms. The van der Waals surface area contributed by atoms with Gasteiger partial charge in [0.1, 0.15) is 0 Å². The largest absolute Gasteiger partial charge is 0.310 e. The van der Waals surface area contributed by atoms with Crippen LogP contribution in [0.2, 0.25) is 0 Å². The molecule has 1 unspecified atom stereocenters. The molecule has 1 aromatic heterocycles. The Balaban J connectivity index is 1.84. The summed E-state index contributed by atoms with van der Waals surface area (Å²) in [5, 5.41) is 8.02. The van der Waals surface area contributed by atoms with Gasteiger partial charge in [0, 0.05) is 24.3 Å². The molecule has 1 heterocycles. The van der Waals surface area contributed by atoms with Crippen LogP contribution in [-0.4, -0.2) is 16.3 Å². The molecular weight excluding hydrogens is 222 g/mol. The van der Waals surface area contributed by atoms with Gasteiger partial charge in [-0.05, 0) is 39.2 Å². The van der Waals surface area contributed by atoms with Gasteiger partial charge in [0.2, 0.25) is 0 Å². The topological polar surface area (TPSA) is 29.9 Å². The van der Waals surface area contributed by atoms with E-state index >= 15 is 0 Å². The minimum absolute atomic E-state index is 0.418. The number of nitrogens with zero attached hydrogens (tertiary/aromatic N) is 2. The Kier molecular flexibility index (Phi) is 4.81. The lowest BCUT2D eigenvalue weighted by atomic mass is 9.99. The predicted octanol–water partition coefficient (Wildman–Crippen LogP) is 3.35. The van der Waals surface area contributed by atoms with Gasteiger partial charge >= 0.3 is 0 Å². The van der Waals surface area contributed by atoms with Crippen LogP contribution in [0, 0.1) is 12.8 Å². The summed E-state index contributed by atoms with van der Waals surface area (Å²) < 4.78 is 1.96. The Bertz CT molecular complexity index is 362. The summed E-state index contributed by atoms with van der Waals surface area (Å²) in [6.07, 6.45) is 10.5. The van der Waals surface area contributed by atoms with Crippen molar-refractivity contribution < 1.29 is 0 Å². The van der Waals surface area contributed by atoms with Crippen LogP contribution < -0.4 is 5.32 Å². The van der Waals surface area contributed by atoms with Crippen molar-refractivity contribution in [3.05, 3.63) is 17.5 Å². The molecule has 0 aromatic carbocycles. The fourth-order valence-corrected chi connectivity index (χ4v) is 2.96. The van der Waals surface area contributed by atoms with Gasteiger partial charge in [-0.2, -0.15) is 5.10 Å². The Morgan fingerprint density at radius 2 is 2.00 bits per heavy atom. The molecule has 1 aromatic rings. The molecule has 0 saturated heterocycles. The van der Waals surface area contributed by atoms with E-state index in [1.165, 1.54) is 49.8 Å². The first-order valence-electron chi connectivity index (χ1n) is 7.40. The highest BCUT2D eigenvalue weighted by Gasteiger charge is 2.15. The lowest BCUT2D eigenvalue weighted by Gasteiger charge is -2.19. The zero-order valence-corrected chi connectivity index (χ0v) is 12.1. The second kappa shape index (κ2) is 6.37. The van der Waals surface area contributed by atoms with Crippen LogP contribution in [0.1, 0.15) is 62.7 Å². The molecule has 2 rings (SSSR count). The molecule has 1 atom stereocenters. The maximum absolute atomic E-state index is 4.32. The van der Waals surface area contributed by atoms with Crippen molar-refractivity contribution >= 4 is 0 Å². The van der Waals surface area contributed by atoms with Crippen LogP contribution in [0.15, 0.2) is 6.20 Å². The van der Waals surface area contributed by atoms with E-state index in [0.29, 0.717) is 6.04 Å². The zero-order chi connectivity index (χ0) is 13.0. The summed E-state index contributed by atoms with van der Waals surface area (Å²) in [6.45, 7) is 5.56. The number of hydrogen-bond acceptors (Lipinski definition) is 2. The van der Waals surface area contributed by atoms with Crippen molar-refractivity contribution in [3.8, 4) is 0 Å². The number of hydrogen-bond donors (Lipinski definition) is 1. The van der Waals surface area contributed by atoms with Crippen molar-refractivity contribution in [2.24, 2.45) is 13.0 Å².